The first-order chi connectivity index (χ1) is 13.1. The van der Waals surface area contributed by atoms with E-state index in [1.54, 1.807) is 12.0 Å². The van der Waals surface area contributed by atoms with E-state index in [-0.39, 0.29) is 17.7 Å². The highest BCUT2D eigenvalue weighted by Crippen LogP contribution is 2.39. The van der Waals surface area contributed by atoms with E-state index in [0.717, 1.165) is 36.7 Å². The van der Waals surface area contributed by atoms with Crippen molar-refractivity contribution in [3.63, 3.8) is 0 Å². The van der Waals surface area contributed by atoms with E-state index in [2.05, 4.69) is 11.8 Å². The molecular weight excluding hydrogens is 340 g/mol. The molecule has 27 heavy (non-hydrogen) atoms. The number of benzene rings is 1. The standard InChI is InChI=1S/C22H30N2O3/c1-15-5-10-20-16(12-15)4-3-11-23(20)22(26)17-13-21(25)24(14-17)18-6-8-19(27-2)9-7-18/h6-9,15-17,20H,3-5,10-14H2,1-2H3/t15-,16+,17+,20-/m0/s1. The Bertz CT molecular complexity index is 702. The van der Waals surface area contributed by atoms with Crippen LogP contribution in [0.4, 0.5) is 5.69 Å². The van der Waals surface area contributed by atoms with E-state index in [1.807, 2.05) is 24.3 Å². The maximum absolute atomic E-state index is 13.3. The van der Waals surface area contributed by atoms with Gasteiger partial charge in [0, 0.05) is 31.2 Å². The second-order valence-corrected chi connectivity index (χ2v) is 8.52. The SMILES string of the molecule is COc1ccc(N2C[C@H](C(=O)N3CCC[C@@H]4C[C@@H](C)CC[C@@H]43)CC2=O)cc1. The Balaban J connectivity index is 1.45. The summed E-state index contributed by atoms with van der Waals surface area (Å²) in [5.74, 6) is 2.23. The number of rotatable bonds is 3. The number of piperidine rings is 1. The lowest BCUT2D eigenvalue weighted by molar-refractivity contribution is -0.142. The van der Waals surface area contributed by atoms with Crippen LogP contribution in [-0.4, -0.2) is 43.0 Å². The van der Waals surface area contributed by atoms with Crippen molar-refractivity contribution in [3.05, 3.63) is 24.3 Å². The van der Waals surface area contributed by atoms with Crippen LogP contribution in [0.1, 0.15) is 45.4 Å². The number of hydrogen-bond donors (Lipinski definition) is 0. The van der Waals surface area contributed by atoms with Crippen molar-refractivity contribution < 1.29 is 14.3 Å². The van der Waals surface area contributed by atoms with E-state index in [0.29, 0.717) is 24.9 Å². The minimum atomic E-state index is -0.210. The zero-order chi connectivity index (χ0) is 19.0. The van der Waals surface area contributed by atoms with Crippen molar-refractivity contribution in [3.8, 4) is 5.75 Å². The van der Waals surface area contributed by atoms with Gasteiger partial charge in [-0.3, -0.25) is 9.59 Å². The normalized spacial score (nSPS) is 31.0. The second-order valence-electron chi connectivity index (χ2n) is 8.52. The van der Waals surface area contributed by atoms with Gasteiger partial charge in [-0.15, -0.1) is 0 Å². The number of nitrogens with zero attached hydrogens (tertiary/aromatic N) is 2. The summed E-state index contributed by atoms with van der Waals surface area (Å²) in [5, 5.41) is 0. The lowest BCUT2D eigenvalue weighted by Gasteiger charge is -2.46. The van der Waals surface area contributed by atoms with E-state index >= 15 is 0 Å². The van der Waals surface area contributed by atoms with Crippen LogP contribution in [0, 0.1) is 17.8 Å². The van der Waals surface area contributed by atoms with Gasteiger partial charge in [-0.1, -0.05) is 6.92 Å². The van der Waals surface area contributed by atoms with Gasteiger partial charge in [0.2, 0.25) is 11.8 Å². The molecule has 0 N–H and O–H groups in total. The minimum Gasteiger partial charge on any atom is -0.497 e. The van der Waals surface area contributed by atoms with Gasteiger partial charge in [-0.25, -0.2) is 0 Å². The molecule has 2 amide bonds. The van der Waals surface area contributed by atoms with Gasteiger partial charge in [0.05, 0.1) is 13.0 Å². The highest BCUT2D eigenvalue weighted by atomic mass is 16.5. The Morgan fingerprint density at radius 2 is 1.93 bits per heavy atom. The van der Waals surface area contributed by atoms with Crippen molar-refractivity contribution in [2.24, 2.45) is 17.8 Å². The van der Waals surface area contributed by atoms with Crippen molar-refractivity contribution in [2.75, 3.05) is 25.1 Å². The molecule has 4 atom stereocenters. The highest BCUT2D eigenvalue weighted by Gasteiger charge is 2.43. The smallest absolute Gasteiger partial charge is 0.228 e. The van der Waals surface area contributed by atoms with Crippen LogP contribution in [0.2, 0.25) is 0 Å². The topological polar surface area (TPSA) is 49.9 Å². The van der Waals surface area contributed by atoms with Crippen LogP contribution < -0.4 is 9.64 Å². The zero-order valence-corrected chi connectivity index (χ0v) is 16.4. The van der Waals surface area contributed by atoms with Crippen molar-refractivity contribution in [2.45, 2.75) is 51.5 Å². The molecule has 1 aromatic rings. The van der Waals surface area contributed by atoms with Gasteiger partial charge in [0.1, 0.15) is 5.75 Å². The van der Waals surface area contributed by atoms with Crippen LogP contribution in [-0.2, 0) is 9.59 Å². The van der Waals surface area contributed by atoms with Crippen molar-refractivity contribution in [1.82, 2.24) is 4.90 Å². The molecule has 3 fully saturated rings. The molecule has 0 aromatic heterocycles. The first kappa shape index (κ1) is 18.3. The Hall–Kier alpha value is -2.04. The van der Waals surface area contributed by atoms with Crippen LogP contribution in [0.5, 0.6) is 5.75 Å². The fourth-order valence-electron chi connectivity index (χ4n) is 5.29. The molecule has 1 aliphatic carbocycles. The molecule has 0 radical (unpaired) electrons. The largest absolute Gasteiger partial charge is 0.497 e. The minimum absolute atomic E-state index is 0.0457. The van der Waals surface area contributed by atoms with Gasteiger partial charge >= 0.3 is 0 Å². The molecule has 146 valence electrons. The van der Waals surface area contributed by atoms with E-state index in [9.17, 15) is 9.59 Å². The highest BCUT2D eigenvalue weighted by molar-refractivity contribution is 6.00. The van der Waals surface area contributed by atoms with E-state index in [1.165, 1.54) is 19.3 Å². The average molecular weight is 370 g/mol. The summed E-state index contributed by atoms with van der Waals surface area (Å²) in [6, 6.07) is 7.89. The summed E-state index contributed by atoms with van der Waals surface area (Å²) in [5.41, 5.74) is 0.846. The van der Waals surface area contributed by atoms with Crippen molar-refractivity contribution in [1.29, 1.82) is 0 Å². The zero-order valence-electron chi connectivity index (χ0n) is 16.4. The number of ether oxygens (including phenoxy) is 1. The molecule has 2 aliphatic heterocycles. The number of hydrogen-bond acceptors (Lipinski definition) is 3. The van der Waals surface area contributed by atoms with Gasteiger partial charge in [-0.05, 0) is 68.2 Å². The maximum Gasteiger partial charge on any atom is 0.228 e. The quantitative estimate of drug-likeness (QED) is 0.819. The molecule has 0 spiro atoms. The van der Waals surface area contributed by atoms with Crippen LogP contribution in [0.25, 0.3) is 0 Å². The molecule has 1 aromatic carbocycles. The molecule has 5 nitrogen and oxygen atoms in total. The predicted octanol–water partition coefficient (Wildman–Crippen LogP) is 3.48. The number of amides is 2. The first-order valence-electron chi connectivity index (χ1n) is 10.3. The number of fused-ring (bicyclic) bond motifs is 1. The van der Waals surface area contributed by atoms with Crippen LogP contribution >= 0.6 is 0 Å². The second kappa shape index (κ2) is 7.53. The summed E-state index contributed by atoms with van der Waals surface area (Å²) >= 11 is 0. The number of likely N-dealkylation sites (tertiary alicyclic amines) is 1. The number of methoxy groups -OCH3 is 1. The molecule has 0 bridgehead atoms. The van der Waals surface area contributed by atoms with Crippen LogP contribution in [0.15, 0.2) is 24.3 Å². The molecule has 1 saturated carbocycles. The Kier molecular flexibility index (Phi) is 5.11. The molecule has 2 heterocycles. The summed E-state index contributed by atoms with van der Waals surface area (Å²) in [6.07, 6.45) is 6.26. The van der Waals surface area contributed by atoms with Crippen LogP contribution in [0.3, 0.4) is 0 Å². The molecule has 2 saturated heterocycles. The maximum atomic E-state index is 13.3. The van der Waals surface area contributed by atoms with Gasteiger partial charge in [0.25, 0.3) is 0 Å². The van der Waals surface area contributed by atoms with Crippen molar-refractivity contribution >= 4 is 17.5 Å². The first-order valence-corrected chi connectivity index (χ1v) is 10.3. The summed E-state index contributed by atoms with van der Waals surface area (Å²) in [6.45, 7) is 3.69. The van der Waals surface area contributed by atoms with E-state index < -0.39 is 0 Å². The Morgan fingerprint density at radius 3 is 2.67 bits per heavy atom. The molecule has 3 aliphatic rings. The summed E-state index contributed by atoms with van der Waals surface area (Å²) in [7, 11) is 1.63. The number of anilines is 1. The van der Waals surface area contributed by atoms with Gasteiger partial charge in [0.15, 0.2) is 0 Å². The Labute approximate surface area is 161 Å². The monoisotopic (exact) mass is 370 g/mol. The molecule has 4 rings (SSSR count). The third kappa shape index (κ3) is 3.56. The third-order valence-electron chi connectivity index (χ3n) is 6.72. The number of carbonyl (C=O) groups is 2. The fraction of sp³-hybridized carbons (Fsp3) is 0.636. The average Bonchev–Trinajstić information content (AvgIpc) is 3.08. The van der Waals surface area contributed by atoms with Gasteiger partial charge in [-0.2, -0.15) is 0 Å². The summed E-state index contributed by atoms with van der Waals surface area (Å²) < 4.78 is 5.19. The molecular formula is C22H30N2O3. The number of carbonyl (C=O) groups excluding carboxylic acids is 2. The summed E-state index contributed by atoms with van der Waals surface area (Å²) in [4.78, 5) is 29.8. The fourth-order valence-corrected chi connectivity index (χ4v) is 5.29. The third-order valence-corrected chi connectivity index (χ3v) is 6.72. The van der Waals surface area contributed by atoms with E-state index in [4.69, 9.17) is 4.74 Å². The lowest BCUT2D eigenvalue weighted by atomic mass is 9.74. The molecule has 0 unspecified atom stereocenters. The predicted molar refractivity (Wildman–Crippen MR) is 105 cm³/mol. The Morgan fingerprint density at radius 1 is 1.15 bits per heavy atom. The lowest BCUT2D eigenvalue weighted by Crippen LogP contribution is -2.52. The van der Waals surface area contributed by atoms with Gasteiger partial charge < -0.3 is 14.5 Å². The molecule has 5 heteroatoms.